The van der Waals surface area contributed by atoms with Gasteiger partial charge in [-0.05, 0) is 41.8 Å². The zero-order valence-corrected chi connectivity index (χ0v) is 21.1. The quantitative estimate of drug-likeness (QED) is 0.372. The summed E-state index contributed by atoms with van der Waals surface area (Å²) < 4.78 is 45.9. The molecule has 0 aliphatic carbocycles. The summed E-state index contributed by atoms with van der Waals surface area (Å²) in [6.45, 7) is 0.355. The monoisotopic (exact) mass is 549 g/mol. The Morgan fingerprint density at radius 3 is 1.97 bits per heavy atom. The molecule has 1 saturated heterocycles. The number of aliphatic hydroxyl groups is 1. The number of hydrogen-bond acceptors (Lipinski definition) is 7. The van der Waals surface area contributed by atoms with E-state index in [0.717, 1.165) is 41.8 Å². The molecular formula is C27H26F3NO6S. The van der Waals surface area contributed by atoms with Gasteiger partial charge in [0.05, 0.1) is 11.9 Å². The number of imide groups is 1. The Hall–Kier alpha value is -3.83. The molecule has 0 radical (unpaired) electrons. The molecule has 1 aliphatic rings. The Morgan fingerprint density at radius 2 is 1.47 bits per heavy atom. The molecule has 7 nitrogen and oxygen atoms in total. The molecule has 3 aromatic carbocycles. The molecular weight excluding hydrogens is 523 g/mol. The van der Waals surface area contributed by atoms with E-state index in [4.69, 9.17) is 9.84 Å². The maximum atomic E-state index is 12.1. The van der Waals surface area contributed by atoms with E-state index in [-0.39, 0.29) is 16.9 Å². The molecule has 1 heterocycles. The minimum Gasteiger partial charge on any atom is -0.493 e. The molecule has 202 valence electrons. The summed E-state index contributed by atoms with van der Waals surface area (Å²) in [6.07, 6.45) is -2.89. The highest BCUT2D eigenvalue weighted by molar-refractivity contribution is 8.15. The Labute approximate surface area is 222 Å². The van der Waals surface area contributed by atoms with Crippen molar-refractivity contribution >= 4 is 29.2 Å². The second-order valence-electron chi connectivity index (χ2n) is 7.55. The number of benzene rings is 3. The van der Waals surface area contributed by atoms with Gasteiger partial charge in [0.25, 0.3) is 5.24 Å². The molecule has 1 unspecified atom stereocenters. The lowest BCUT2D eigenvalue weighted by molar-refractivity contribution is -0.274. The standard InChI is InChI=1S/C19H16F3NO4S.C7H6O.CH4O/c20-19(21,22)27-15-7-1-12(2-8-15)9-10-26-14-5-3-13(4-6-14)11-16-17(24)23-18(25)28-16;8-6-7-4-2-1-3-5-7;1-2/h1-8,16H,9-11H2,(H,23,24,25);1-6H;2H,1H3. The van der Waals surface area contributed by atoms with E-state index in [1.165, 1.54) is 12.1 Å². The van der Waals surface area contributed by atoms with Crippen molar-refractivity contribution in [3.8, 4) is 11.5 Å². The lowest BCUT2D eigenvalue weighted by atomic mass is 10.1. The number of aliphatic hydroxyl groups excluding tert-OH is 1. The van der Waals surface area contributed by atoms with Crippen molar-refractivity contribution in [3.63, 3.8) is 0 Å². The van der Waals surface area contributed by atoms with Crippen molar-refractivity contribution in [2.75, 3.05) is 13.7 Å². The van der Waals surface area contributed by atoms with Crippen LogP contribution >= 0.6 is 11.8 Å². The van der Waals surface area contributed by atoms with Crippen LogP contribution in [0, 0.1) is 0 Å². The Morgan fingerprint density at radius 1 is 0.895 bits per heavy atom. The van der Waals surface area contributed by atoms with Crippen LogP contribution in [0.4, 0.5) is 18.0 Å². The maximum Gasteiger partial charge on any atom is 0.573 e. The van der Waals surface area contributed by atoms with Gasteiger partial charge >= 0.3 is 6.36 Å². The zero-order valence-electron chi connectivity index (χ0n) is 20.3. The summed E-state index contributed by atoms with van der Waals surface area (Å²) >= 11 is 0.986. The van der Waals surface area contributed by atoms with Gasteiger partial charge in [0, 0.05) is 19.1 Å². The third kappa shape index (κ3) is 11.1. The van der Waals surface area contributed by atoms with Gasteiger partial charge in [0.15, 0.2) is 0 Å². The summed E-state index contributed by atoms with van der Waals surface area (Å²) in [7, 11) is 1.00. The van der Waals surface area contributed by atoms with Crippen LogP contribution in [-0.4, -0.2) is 47.9 Å². The number of thioether (sulfide) groups is 1. The highest BCUT2D eigenvalue weighted by Crippen LogP contribution is 2.25. The number of aldehydes is 1. The summed E-state index contributed by atoms with van der Waals surface area (Å²) in [5.74, 6) is 0.103. The first-order valence-corrected chi connectivity index (χ1v) is 12.1. The molecule has 2 amide bonds. The predicted octanol–water partition coefficient (Wildman–Crippen LogP) is 5.21. The van der Waals surface area contributed by atoms with Gasteiger partial charge < -0.3 is 14.6 Å². The van der Waals surface area contributed by atoms with Crippen molar-refractivity contribution < 1.29 is 42.1 Å². The first-order valence-electron chi connectivity index (χ1n) is 11.2. The minimum atomic E-state index is -4.70. The Balaban J connectivity index is 0.000000428. The van der Waals surface area contributed by atoms with E-state index < -0.39 is 11.6 Å². The molecule has 38 heavy (non-hydrogen) atoms. The van der Waals surface area contributed by atoms with E-state index in [1.54, 1.807) is 36.4 Å². The van der Waals surface area contributed by atoms with Gasteiger partial charge in [-0.15, -0.1) is 13.2 Å². The fourth-order valence-corrected chi connectivity index (χ4v) is 4.00. The SMILES string of the molecule is CO.O=C1NC(=O)C(Cc2ccc(OCCc3ccc(OC(F)(F)F)cc3)cc2)S1.O=Cc1ccccc1. The fourth-order valence-electron chi connectivity index (χ4n) is 3.14. The lowest BCUT2D eigenvalue weighted by Crippen LogP contribution is -2.25. The van der Waals surface area contributed by atoms with Crippen molar-refractivity contribution in [3.05, 3.63) is 95.6 Å². The van der Waals surface area contributed by atoms with Crippen LogP contribution in [0.1, 0.15) is 21.5 Å². The third-order valence-electron chi connectivity index (χ3n) is 4.86. The number of hydrogen-bond donors (Lipinski definition) is 2. The van der Waals surface area contributed by atoms with Gasteiger partial charge in [0.2, 0.25) is 5.91 Å². The normalized spacial score (nSPS) is 14.3. The first-order chi connectivity index (χ1) is 18.2. The minimum absolute atomic E-state index is 0.261. The van der Waals surface area contributed by atoms with Crippen LogP contribution in [0.5, 0.6) is 11.5 Å². The van der Waals surface area contributed by atoms with Crippen LogP contribution in [0.2, 0.25) is 0 Å². The van der Waals surface area contributed by atoms with E-state index in [9.17, 15) is 27.6 Å². The van der Waals surface area contributed by atoms with Crippen LogP contribution in [-0.2, 0) is 17.6 Å². The van der Waals surface area contributed by atoms with Gasteiger partial charge in [-0.2, -0.15) is 0 Å². The lowest BCUT2D eigenvalue weighted by Gasteiger charge is -2.10. The third-order valence-corrected chi connectivity index (χ3v) is 5.84. The predicted molar refractivity (Wildman–Crippen MR) is 137 cm³/mol. The van der Waals surface area contributed by atoms with Gasteiger partial charge in [-0.3, -0.25) is 19.7 Å². The van der Waals surface area contributed by atoms with E-state index >= 15 is 0 Å². The van der Waals surface area contributed by atoms with Gasteiger partial charge in [-0.25, -0.2) is 0 Å². The molecule has 0 bridgehead atoms. The van der Waals surface area contributed by atoms with Gasteiger partial charge in [-0.1, -0.05) is 66.4 Å². The second-order valence-corrected chi connectivity index (χ2v) is 8.73. The zero-order chi connectivity index (χ0) is 28.0. The van der Waals surface area contributed by atoms with E-state index in [1.807, 2.05) is 30.3 Å². The molecule has 1 aliphatic heterocycles. The molecule has 0 saturated carbocycles. The maximum absolute atomic E-state index is 12.1. The average molecular weight is 550 g/mol. The number of carbonyl (C=O) groups is 3. The van der Waals surface area contributed by atoms with E-state index in [0.29, 0.717) is 25.2 Å². The summed E-state index contributed by atoms with van der Waals surface area (Å²) in [5.41, 5.74) is 2.46. The smallest absolute Gasteiger partial charge is 0.493 e. The van der Waals surface area contributed by atoms with E-state index in [2.05, 4.69) is 10.1 Å². The van der Waals surface area contributed by atoms with Crippen molar-refractivity contribution in [1.29, 1.82) is 0 Å². The van der Waals surface area contributed by atoms with Gasteiger partial charge in [0.1, 0.15) is 17.8 Å². The highest BCUT2D eigenvalue weighted by Gasteiger charge is 2.31. The largest absolute Gasteiger partial charge is 0.573 e. The molecule has 4 rings (SSSR count). The highest BCUT2D eigenvalue weighted by atomic mass is 32.2. The number of alkyl halides is 3. The number of carbonyl (C=O) groups excluding carboxylic acids is 3. The fraction of sp³-hybridized carbons (Fsp3) is 0.222. The molecule has 0 aromatic heterocycles. The first kappa shape index (κ1) is 30.4. The number of halogens is 3. The topological polar surface area (TPSA) is 102 Å². The number of nitrogens with one attached hydrogen (secondary N) is 1. The molecule has 1 atom stereocenters. The summed E-state index contributed by atoms with van der Waals surface area (Å²) in [6, 6.07) is 21.9. The Bertz CT molecular complexity index is 1160. The molecule has 0 spiro atoms. The summed E-state index contributed by atoms with van der Waals surface area (Å²) in [5, 5.41) is 8.51. The van der Waals surface area contributed by atoms with Crippen LogP contribution in [0.15, 0.2) is 78.9 Å². The average Bonchev–Trinajstić information content (AvgIpc) is 3.23. The molecule has 3 aromatic rings. The number of ether oxygens (including phenoxy) is 2. The van der Waals surface area contributed by atoms with Crippen LogP contribution in [0.3, 0.4) is 0 Å². The summed E-state index contributed by atoms with van der Waals surface area (Å²) in [4.78, 5) is 32.8. The number of rotatable bonds is 8. The van der Waals surface area contributed by atoms with Crippen LogP contribution in [0.25, 0.3) is 0 Å². The molecule has 1 fully saturated rings. The van der Waals surface area contributed by atoms with Crippen molar-refractivity contribution in [2.45, 2.75) is 24.5 Å². The van der Waals surface area contributed by atoms with Crippen molar-refractivity contribution in [2.24, 2.45) is 0 Å². The molecule has 2 N–H and O–H groups in total. The number of amides is 2. The Kier molecular flexibility index (Phi) is 12.3. The van der Waals surface area contributed by atoms with Crippen molar-refractivity contribution in [1.82, 2.24) is 5.32 Å². The van der Waals surface area contributed by atoms with Crippen LogP contribution < -0.4 is 14.8 Å². The molecule has 11 heteroatoms. The second kappa shape index (κ2) is 15.4.